The molecule has 5 aromatic rings. The van der Waals surface area contributed by atoms with Crippen LogP contribution in [0.3, 0.4) is 0 Å². The lowest BCUT2D eigenvalue weighted by molar-refractivity contribution is -0.384. The van der Waals surface area contributed by atoms with Gasteiger partial charge in [0.1, 0.15) is 0 Å². The SMILES string of the molecule is O=C(C(=NNc1ccc([N+](=O)[O-])cc1)Sc1nnc(-c2ccc(Cl)cc2Cl)n1-c1ccccc1)c1ccccc1. The number of hydrazone groups is 1. The highest BCUT2D eigenvalue weighted by Gasteiger charge is 2.24. The summed E-state index contributed by atoms with van der Waals surface area (Å²) in [6, 6.07) is 28.9. The van der Waals surface area contributed by atoms with Crippen LogP contribution in [-0.4, -0.2) is 30.5 Å². The van der Waals surface area contributed by atoms with Gasteiger partial charge in [0.2, 0.25) is 10.9 Å². The van der Waals surface area contributed by atoms with E-state index in [2.05, 4.69) is 20.7 Å². The summed E-state index contributed by atoms with van der Waals surface area (Å²) < 4.78 is 1.78. The number of thioether (sulfide) groups is 1. The van der Waals surface area contributed by atoms with Crippen molar-refractivity contribution in [2.75, 3.05) is 5.43 Å². The van der Waals surface area contributed by atoms with Crippen LogP contribution in [0.15, 0.2) is 113 Å². The van der Waals surface area contributed by atoms with Gasteiger partial charge in [-0.25, -0.2) is 0 Å². The Bertz CT molecular complexity index is 1710. The van der Waals surface area contributed by atoms with Gasteiger partial charge in [-0.2, -0.15) is 5.10 Å². The molecular formula is C28H18Cl2N6O3S. The number of hydrogen-bond donors (Lipinski definition) is 1. The van der Waals surface area contributed by atoms with Crippen LogP contribution in [0.4, 0.5) is 11.4 Å². The number of nitro groups is 1. The highest BCUT2D eigenvalue weighted by Crippen LogP contribution is 2.34. The predicted octanol–water partition coefficient (Wildman–Crippen LogP) is 7.55. The Morgan fingerprint density at radius 2 is 1.57 bits per heavy atom. The Morgan fingerprint density at radius 1 is 0.900 bits per heavy atom. The van der Waals surface area contributed by atoms with E-state index in [1.807, 2.05) is 36.4 Å². The molecule has 0 aliphatic rings. The highest BCUT2D eigenvalue weighted by atomic mass is 35.5. The van der Waals surface area contributed by atoms with Gasteiger partial charge in [-0.1, -0.05) is 71.7 Å². The molecule has 0 aliphatic heterocycles. The van der Waals surface area contributed by atoms with Crippen LogP contribution in [0.1, 0.15) is 10.4 Å². The average Bonchev–Trinajstić information content (AvgIpc) is 3.39. The molecule has 4 aromatic carbocycles. The topological polar surface area (TPSA) is 115 Å². The Balaban J connectivity index is 1.57. The zero-order valence-corrected chi connectivity index (χ0v) is 22.8. The van der Waals surface area contributed by atoms with Crippen LogP contribution in [0.2, 0.25) is 10.0 Å². The normalized spacial score (nSPS) is 11.3. The number of hydrogen-bond acceptors (Lipinski definition) is 8. The number of carbonyl (C=O) groups excluding carboxylic acids is 1. The molecule has 0 atom stereocenters. The number of ketones is 1. The van der Waals surface area contributed by atoms with Crippen molar-refractivity contribution in [1.29, 1.82) is 0 Å². The van der Waals surface area contributed by atoms with E-state index in [1.54, 1.807) is 47.0 Å². The number of carbonyl (C=O) groups is 1. The number of Topliss-reactive ketones (excluding diaryl/α,β-unsaturated/α-hetero) is 1. The van der Waals surface area contributed by atoms with Gasteiger partial charge in [-0.05, 0) is 54.2 Å². The lowest BCUT2D eigenvalue weighted by Gasteiger charge is -2.12. The zero-order chi connectivity index (χ0) is 28.1. The number of aromatic nitrogens is 3. The number of nitro benzene ring substituents is 1. The predicted molar refractivity (Wildman–Crippen MR) is 158 cm³/mol. The molecule has 40 heavy (non-hydrogen) atoms. The van der Waals surface area contributed by atoms with Gasteiger partial charge in [-0.3, -0.25) is 24.9 Å². The second kappa shape index (κ2) is 12.1. The Morgan fingerprint density at radius 3 is 2.23 bits per heavy atom. The zero-order valence-electron chi connectivity index (χ0n) is 20.4. The minimum absolute atomic E-state index is 0.0613. The van der Waals surface area contributed by atoms with Crippen molar-refractivity contribution in [3.63, 3.8) is 0 Å². The summed E-state index contributed by atoms with van der Waals surface area (Å²) in [4.78, 5) is 24.1. The summed E-state index contributed by atoms with van der Waals surface area (Å²) in [5, 5.41) is 25.5. The quantitative estimate of drug-likeness (QED) is 0.0496. The Kier molecular flexibility index (Phi) is 8.20. The van der Waals surface area contributed by atoms with Gasteiger partial charge >= 0.3 is 0 Å². The average molecular weight is 589 g/mol. The van der Waals surface area contributed by atoms with E-state index in [0.29, 0.717) is 37.8 Å². The number of benzene rings is 4. The van der Waals surface area contributed by atoms with E-state index >= 15 is 0 Å². The second-order valence-electron chi connectivity index (χ2n) is 8.23. The molecule has 198 valence electrons. The summed E-state index contributed by atoms with van der Waals surface area (Å²) in [5.74, 6) is 0.0962. The third kappa shape index (κ3) is 6.04. The molecule has 0 unspecified atom stereocenters. The molecular weight excluding hydrogens is 571 g/mol. The van der Waals surface area contributed by atoms with Crippen LogP contribution < -0.4 is 5.43 Å². The van der Waals surface area contributed by atoms with E-state index in [9.17, 15) is 14.9 Å². The Labute approximate surface area is 242 Å². The van der Waals surface area contributed by atoms with Crippen LogP contribution >= 0.6 is 35.0 Å². The van der Waals surface area contributed by atoms with E-state index in [1.165, 1.54) is 24.3 Å². The monoisotopic (exact) mass is 588 g/mol. The maximum atomic E-state index is 13.6. The first-order valence-electron chi connectivity index (χ1n) is 11.7. The number of anilines is 1. The van der Waals surface area contributed by atoms with Crippen molar-refractivity contribution < 1.29 is 9.72 Å². The third-order valence-electron chi connectivity index (χ3n) is 5.60. The van der Waals surface area contributed by atoms with Crippen LogP contribution in [0.5, 0.6) is 0 Å². The fourth-order valence-electron chi connectivity index (χ4n) is 3.68. The lowest BCUT2D eigenvalue weighted by atomic mass is 10.1. The molecule has 1 aromatic heterocycles. The molecule has 0 fully saturated rings. The number of non-ortho nitro benzene ring substituents is 1. The largest absolute Gasteiger partial charge is 0.286 e. The van der Waals surface area contributed by atoms with E-state index in [4.69, 9.17) is 23.2 Å². The molecule has 0 amide bonds. The molecule has 0 bridgehead atoms. The van der Waals surface area contributed by atoms with Crippen LogP contribution in [0, 0.1) is 10.1 Å². The smallest absolute Gasteiger partial charge is 0.269 e. The number of nitrogens with one attached hydrogen (secondary N) is 1. The van der Waals surface area contributed by atoms with Gasteiger partial charge in [0.25, 0.3) is 5.69 Å². The standard InChI is InChI=1S/C28H18Cl2N6O3S/c29-19-11-16-23(24(30)17-19)26-32-34-28(35(26)21-9-5-2-6-10-21)40-27(25(37)18-7-3-1-4-8-18)33-31-20-12-14-22(15-13-20)36(38)39/h1-17,31H. The molecule has 0 aliphatic carbocycles. The van der Waals surface area contributed by atoms with Crippen molar-refractivity contribution >= 4 is 57.2 Å². The lowest BCUT2D eigenvalue weighted by Crippen LogP contribution is -2.14. The fourth-order valence-corrected chi connectivity index (χ4v) is 5.02. The van der Waals surface area contributed by atoms with Crippen LogP contribution in [0.25, 0.3) is 17.1 Å². The van der Waals surface area contributed by atoms with Crippen molar-refractivity contribution in [1.82, 2.24) is 14.8 Å². The minimum Gasteiger partial charge on any atom is -0.286 e. The van der Waals surface area contributed by atoms with E-state index in [-0.39, 0.29) is 16.5 Å². The van der Waals surface area contributed by atoms with E-state index in [0.717, 1.165) is 17.4 Å². The molecule has 1 N–H and O–H groups in total. The highest BCUT2D eigenvalue weighted by molar-refractivity contribution is 8.15. The molecule has 0 saturated heterocycles. The van der Waals surface area contributed by atoms with Crippen LogP contribution in [-0.2, 0) is 0 Å². The maximum Gasteiger partial charge on any atom is 0.269 e. The molecule has 0 radical (unpaired) electrons. The molecule has 1 heterocycles. The summed E-state index contributed by atoms with van der Waals surface area (Å²) >= 11 is 13.6. The summed E-state index contributed by atoms with van der Waals surface area (Å²) in [6.45, 7) is 0. The first kappa shape index (κ1) is 27.1. The van der Waals surface area contributed by atoms with Crippen molar-refractivity contribution in [3.05, 3.63) is 129 Å². The minimum atomic E-state index is -0.492. The number of para-hydroxylation sites is 1. The number of nitrogens with zero attached hydrogens (tertiary/aromatic N) is 5. The molecule has 0 spiro atoms. The maximum absolute atomic E-state index is 13.6. The summed E-state index contributed by atoms with van der Waals surface area (Å²) in [6.07, 6.45) is 0. The van der Waals surface area contributed by atoms with Gasteiger partial charge < -0.3 is 0 Å². The molecule has 5 rings (SSSR count). The van der Waals surface area contributed by atoms with Gasteiger partial charge in [0.15, 0.2) is 10.9 Å². The Hall–Kier alpha value is -4.51. The molecule has 12 heteroatoms. The van der Waals surface area contributed by atoms with Gasteiger partial charge in [-0.15, -0.1) is 10.2 Å². The third-order valence-corrected chi connectivity index (χ3v) is 7.07. The van der Waals surface area contributed by atoms with Crippen molar-refractivity contribution in [3.8, 4) is 17.1 Å². The number of halogens is 2. The van der Waals surface area contributed by atoms with E-state index < -0.39 is 4.92 Å². The summed E-state index contributed by atoms with van der Waals surface area (Å²) in [5.41, 5.74) is 4.99. The van der Waals surface area contributed by atoms with Gasteiger partial charge in [0, 0.05) is 34.0 Å². The van der Waals surface area contributed by atoms with Gasteiger partial charge in [0.05, 0.1) is 15.6 Å². The second-order valence-corrected chi connectivity index (χ2v) is 10.0. The molecule has 9 nitrogen and oxygen atoms in total. The fraction of sp³-hybridized carbons (Fsp3) is 0. The number of rotatable bonds is 8. The van der Waals surface area contributed by atoms with Crippen molar-refractivity contribution in [2.24, 2.45) is 5.10 Å². The first-order chi connectivity index (χ1) is 19.4. The van der Waals surface area contributed by atoms with Crippen molar-refractivity contribution in [2.45, 2.75) is 5.16 Å². The first-order valence-corrected chi connectivity index (χ1v) is 13.3. The molecule has 0 saturated carbocycles. The summed E-state index contributed by atoms with van der Waals surface area (Å²) in [7, 11) is 0.